The maximum atomic E-state index is 5.46. The normalized spacial score (nSPS) is 15.0. The van der Waals surface area contributed by atoms with Crippen LogP contribution in [0.3, 0.4) is 0 Å². The molecule has 0 amide bonds. The van der Waals surface area contributed by atoms with Crippen molar-refractivity contribution in [1.29, 1.82) is 0 Å². The molecule has 3 aromatic heterocycles. The maximum absolute atomic E-state index is 5.46. The van der Waals surface area contributed by atoms with Crippen molar-refractivity contribution in [1.82, 2.24) is 24.5 Å². The molecule has 9 heteroatoms. The van der Waals surface area contributed by atoms with Crippen molar-refractivity contribution in [3.63, 3.8) is 0 Å². The van der Waals surface area contributed by atoms with Gasteiger partial charge in [-0.2, -0.15) is 0 Å². The number of thiazole rings is 1. The van der Waals surface area contributed by atoms with Crippen LogP contribution < -0.4 is 4.90 Å². The van der Waals surface area contributed by atoms with E-state index in [4.69, 9.17) is 29.4 Å². The second-order valence-corrected chi connectivity index (χ2v) is 9.05. The summed E-state index contributed by atoms with van der Waals surface area (Å²) in [5.74, 6) is 0.912. The fourth-order valence-electron chi connectivity index (χ4n) is 3.81. The van der Waals surface area contributed by atoms with E-state index in [1.54, 1.807) is 18.4 Å². The van der Waals surface area contributed by atoms with E-state index in [0.29, 0.717) is 12.3 Å². The first-order valence-corrected chi connectivity index (χ1v) is 12.3. The summed E-state index contributed by atoms with van der Waals surface area (Å²) in [5, 5.41) is 1.02. The zero-order valence-electron chi connectivity index (χ0n) is 20.4. The van der Waals surface area contributed by atoms with Crippen LogP contribution in [-0.4, -0.2) is 64.5 Å². The summed E-state index contributed by atoms with van der Waals surface area (Å²) in [4.78, 5) is 22.7. The number of aromatic nitrogens is 5. The Balaban J connectivity index is 0.000000913. The van der Waals surface area contributed by atoms with Crippen molar-refractivity contribution >= 4 is 27.8 Å². The van der Waals surface area contributed by atoms with Gasteiger partial charge in [0.15, 0.2) is 16.4 Å². The minimum Gasteiger partial charge on any atom is -0.383 e. The molecular formula is C23H36N6O2S. The van der Waals surface area contributed by atoms with Crippen molar-refractivity contribution in [2.24, 2.45) is 0 Å². The van der Waals surface area contributed by atoms with Crippen molar-refractivity contribution in [3.05, 3.63) is 17.2 Å². The molecule has 0 aromatic carbocycles. The summed E-state index contributed by atoms with van der Waals surface area (Å²) in [7, 11) is 1.73. The lowest BCUT2D eigenvalue weighted by Gasteiger charge is -2.26. The molecule has 0 saturated carbocycles. The lowest BCUT2D eigenvalue weighted by molar-refractivity contribution is 0.122. The lowest BCUT2D eigenvalue weighted by Crippen LogP contribution is -2.36. The molecule has 1 fully saturated rings. The van der Waals surface area contributed by atoms with Gasteiger partial charge in [-0.1, -0.05) is 38.5 Å². The van der Waals surface area contributed by atoms with E-state index in [0.717, 1.165) is 71.3 Å². The van der Waals surface area contributed by atoms with Crippen LogP contribution in [0.4, 0.5) is 5.13 Å². The Morgan fingerprint density at radius 3 is 2.31 bits per heavy atom. The van der Waals surface area contributed by atoms with E-state index >= 15 is 0 Å². The quantitative estimate of drug-likeness (QED) is 0.526. The number of hydrogen-bond acceptors (Lipinski definition) is 8. The van der Waals surface area contributed by atoms with Gasteiger partial charge < -0.3 is 18.9 Å². The molecule has 0 N–H and O–H groups in total. The summed E-state index contributed by atoms with van der Waals surface area (Å²) in [6.07, 6.45) is 2.19. The van der Waals surface area contributed by atoms with Gasteiger partial charge in [0, 0.05) is 20.2 Å². The molecule has 176 valence electrons. The van der Waals surface area contributed by atoms with Crippen molar-refractivity contribution in [2.45, 2.75) is 60.4 Å². The largest absolute Gasteiger partial charge is 0.383 e. The monoisotopic (exact) mass is 460 g/mol. The Labute approximate surface area is 195 Å². The Morgan fingerprint density at radius 1 is 1.00 bits per heavy atom. The number of methoxy groups -OCH3 is 1. The number of aryl methyl sites for hydroxylation is 3. The molecule has 0 spiro atoms. The molecule has 1 atom stereocenters. The topological polar surface area (TPSA) is 78.2 Å². The minimum absolute atomic E-state index is 0.197. The van der Waals surface area contributed by atoms with Crippen LogP contribution in [0, 0.1) is 20.8 Å². The van der Waals surface area contributed by atoms with Crippen LogP contribution in [0.15, 0.2) is 0 Å². The molecule has 1 aliphatic heterocycles. The molecule has 0 aliphatic carbocycles. The van der Waals surface area contributed by atoms with E-state index in [-0.39, 0.29) is 6.04 Å². The first kappa shape index (κ1) is 24.5. The van der Waals surface area contributed by atoms with Crippen molar-refractivity contribution in [3.8, 4) is 10.6 Å². The zero-order valence-corrected chi connectivity index (χ0v) is 21.3. The Bertz CT molecular complexity index is 1030. The van der Waals surface area contributed by atoms with Crippen molar-refractivity contribution < 1.29 is 9.47 Å². The minimum atomic E-state index is 0.197. The number of morpholine rings is 1. The predicted molar refractivity (Wildman–Crippen MR) is 131 cm³/mol. The van der Waals surface area contributed by atoms with E-state index < -0.39 is 0 Å². The lowest BCUT2D eigenvalue weighted by atomic mass is 10.2. The van der Waals surface area contributed by atoms with Crippen LogP contribution >= 0.6 is 11.3 Å². The van der Waals surface area contributed by atoms with Gasteiger partial charge >= 0.3 is 0 Å². The Kier molecular flexibility index (Phi) is 8.56. The van der Waals surface area contributed by atoms with Gasteiger partial charge in [-0.15, -0.1) is 0 Å². The molecule has 1 saturated heterocycles. The van der Waals surface area contributed by atoms with Crippen LogP contribution in [0.25, 0.3) is 21.9 Å². The predicted octanol–water partition coefficient (Wildman–Crippen LogP) is 4.73. The third-order valence-corrected chi connectivity index (χ3v) is 6.58. The van der Waals surface area contributed by atoms with E-state index in [1.165, 1.54) is 6.42 Å². The number of fused-ring (bicyclic) bond motifs is 1. The first-order valence-electron chi connectivity index (χ1n) is 11.5. The number of ether oxygens (including phenoxy) is 2. The maximum Gasteiger partial charge on any atom is 0.198 e. The first-order chi connectivity index (χ1) is 15.4. The third kappa shape index (κ3) is 5.10. The standard InChI is InChI=1S/C20H28N6O2S.C3H8/c1-6-15(11-27-5)26-14(4)23-18-19(26)21-12(2)16(24-18)17-13(3)22-20(29-17)25-7-9-28-10-8-25;1-3-2/h15H,6-11H2,1-5H3;3H2,1-2H3. The number of imidazole rings is 1. The summed E-state index contributed by atoms with van der Waals surface area (Å²) in [6, 6.07) is 0.197. The SMILES string of the molecule is CCC.CCC(COC)n1c(C)nc2nc(-c3sc(N4CCOCC4)nc3C)c(C)nc21. The van der Waals surface area contributed by atoms with Crippen molar-refractivity contribution in [2.75, 3.05) is 44.9 Å². The highest BCUT2D eigenvalue weighted by Gasteiger charge is 2.23. The molecule has 0 radical (unpaired) electrons. The summed E-state index contributed by atoms with van der Waals surface area (Å²) >= 11 is 1.67. The van der Waals surface area contributed by atoms with Gasteiger partial charge in [0.2, 0.25) is 0 Å². The van der Waals surface area contributed by atoms with E-state index in [1.807, 2.05) is 20.8 Å². The highest BCUT2D eigenvalue weighted by molar-refractivity contribution is 7.19. The molecular weight excluding hydrogens is 424 g/mol. The zero-order chi connectivity index (χ0) is 23.3. The van der Waals surface area contributed by atoms with Gasteiger partial charge in [0.25, 0.3) is 0 Å². The van der Waals surface area contributed by atoms with E-state index in [2.05, 4.69) is 30.2 Å². The van der Waals surface area contributed by atoms with E-state index in [9.17, 15) is 0 Å². The summed E-state index contributed by atoms with van der Waals surface area (Å²) in [5.41, 5.74) is 4.25. The molecule has 1 aliphatic rings. The molecule has 4 heterocycles. The van der Waals surface area contributed by atoms with Gasteiger partial charge in [-0.05, 0) is 27.2 Å². The smallest absolute Gasteiger partial charge is 0.198 e. The molecule has 4 rings (SSSR count). The Hall–Kier alpha value is -2.10. The summed E-state index contributed by atoms with van der Waals surface area (Å²) < 4.78 is 13.0. The highest BCUT2D eigenvalue weighted by atomic mass is 32.1. The Morgan fingerprint density at radius 2 is 1.69 bits per heavy atom. The highest BCUT2D eigenvalue weighted by Crippen LogP contribution is 2.36. The van der Waals surface area contributed by atoms with Gasteiger partial charge in [-0.25, -0.2) is 19.9 Å². The van der Waals surface area contributed by atoms with Gasteiger partial charge in [-0.3, -0.25) is 0 Å². The van der Waals surface area contributed by atoms with Gasteiger partial charge in [0.1, 0.15) is 11.5 Å². The average molecular weight is 461 g/mol. The fraction of sp³-hybridized carbons (Fsp3) is 0.652. The van der Waals surface area contributed by atoms with Gasteiger partial charge in [0.05, 0.1) is 42.1 Å². The number of anilines is 1. The molecule has 1 unspecified atom stereocenters. The fourth-order valence-corrected chi connectivity index (χ4v) is 4.97. The van der Waals surface area contributed by atoms with Crippen LogP contribution in [0.5, 0.6) is 0 Å². The number of rotatable bonds is 6. The average Bonchev–Trinajstić information content (AvgIpc) is 3.31. The molecule has 8 nitrogen and oxygen atoms in total. The van der Waals surface area contributed by atoms with Crippen LogP contribution in [-0.2, 0) is 9.47 Å². The number of nitrogens with zero attached hydrogens (tertiary/aromatic N) is 6. The third-order valence-electron chi connectivity index (χ3n) is 5.36. The second-order valence-electron chi connectivity index (χ2n) is 8.07. The number of hydrogen-bond donors (Lipinski definition) is 0. The second kappa shape index (κ2) is 11.2. The summed E-state index contributed by atoms with van der Waals surface area (Å²) in [6.45, 7) is 16.3. The molecule has 32 heavy (non-hydrogen) atoms. The van der Waals surface area contributed by atoms with Crippen LogP contribution in [0.2, 0.25) is 0 Å². The molecule has 3 aromatic rings. The molecule has 0 bridgehead atoms. The van der Waals surface area contributed by atoms with Crippen LogP contribution in [0.1, 0.15) is 56.9 Å².